The molecule has 0 saturated carbocycles. The zero-order chi connectivity index (χ0) is 29.1. The summed E-state index contributed by atoms with van der Waals surface area (Å²) in [6.07, 6.45) is 2.81. The Labute approximate surface area is 224 Å². The third kappa shape index (κ3) is 9.74. The monoisotopic (exact) mass is 545 g/mol. The number of aliphatic carboxylic acids is 1. The van der Waals surface area contributed by atoms with Gasteiger partial charge in [-0.3, -0.25) is 19.2 Å². The molecule has 1 aromatic heterocycles. The van der Waals surface area contributed by atoms with Gasteiger partial charge in [0.2, 0.25) is 23.6 Å². The van der Waals surface area contributed by atoms with Crippen LogP contribution in [-0.2, 0) is 36.8 Å². The van der Waals surface area contributed by atoms with Gasteiger partial charge in [-0.1, -0.05) is 32.4 Å². The number of phenols is 1. The zero-order valence-corrected chi connectivity index (χ0v) is 21.7. The molecule has 0 spiro atoms. The third-order valence-corrected chi connectivity index (χ3v) is 6.15. The fourth-order valence-corrected chi connectivity index (χ4v) is 3.70. The average Bonchev–Trinajstić information content (AvgIpc) is 3.39. The van der Waals surface area contributed by atoms with E-state index in [1.807, 2.05) is 0 Å². The number of carbonyl (C=O) groups excluding carboxylic acids is 4. The summed E-state index contributed by atoms with van der Waals surface area (Å²) in [6.45, 7) is 3.46. The van der Waals surface area contributed by atoms with Gasteiger partial charge in [0.15, 0.2) is 0 Å². The highest BCUT2D eigenvalue weighted by Crippen LogP contribution is 2.13. The van der Waals surface area contributed by atoms with E-state index in [9.17, 15) is 34.2 Å². The number of amides is 4. The average molecular weight is 546 g/mol. The Morgan fingerprint density at radius 1 is 0.974 bits per heavy atom. The van der Waals surface area contributed by atoms with Crippen molar-refractivity contribution in [1.29, 1.82) is 0 Å². The molecule has 212 valence electrons. The van der Waals surface area contributed by atoms with Gasteiger partial charge in [-0.25, -0.2) is 9.78 Å². The number of aromatic hydroxyl groups is 1. The van der Waals surface area contributed by atoms with Crippen LogP contribution < -0.4 is 27.4 Å². The Morgan fingerprint density at radius 2 is 1.62 bits per heavy atom. The number of imidazole rings is 1. The quantitative estimate of drug-likeness (QED) is 0.132. The van der Waals surface area contributed by atoms with Crippen LogP contribution in [0, 0.1) is 5.92 Å². The third-order valence-electron chi connectivity index (χ3n) is 6.15. The lowest BCUT2D eigenvalue weighted by atomic mass is 9.96. The van der Waals surface area contributed by atoms with Crippen molar-refractivity contribution in [2.75, 3.05) is 0 Å². The van der Waals surface area contributed by atoms with Crippen molar-refractivity contribution in [3.63, 3.8) is 0 Å². The molecular formula is C25H35N7O7. The highest BCUT2D eigenvalue weighted by molar-refractivity contribution is 5.96. The highest BCUT2D eigenvalue weighted by atomic mass is 16.4. The lowest BCUT2D eigenvalue weighted by Gasteiger charge is -2.28. The van der Waals surface area contributed by atoms with Crippen LogP contribution in [0.4, 0.5) is 0 Å². The molecule has 2 aromatic rings. The summed E-state index contributed by atoms with van der Waals surface area (Å²) >= 11 is 0. The summed E-state index contributed by atoms with van der Waals surface area (Å²) in [5.41, 5.74) is 12.3. The molecule has 1 aromatic carbocycles. The summed E-state index contributed by atoms with van der Waals surface area (Å²) < 4.78 is 0. The number of rotatable bonds is 15. The SMILES string of the molecule is CCC(C)C(NC(=O)C(CC(N)=O)NC(=O)C(N)Cc1cnc[nH]1)C(=O)NC(Cc1ccc(O)cc1)C(=O)O. The lowest BCUT2D eigenvalue weighted by molar-refractivity contribution is -0.142. The minimum Gasteiger partial charge on any atom is -0.508 e. The van der Waals surface area contributed by atoms with Gasteiger partial charge in [-0.15, -0.1) is 0 Å². The first-order valence-corrected chi connectivity index (χ1v) is 12.3. The molecule has 0 radical (unpaired) electrons. The van der Waals surface area contributed by atoms with Crippen molar-refractivity contribution in [3.05, 3.63) is 48.0 Å². The Kier molecular flexibility index (Phi) is 11.4. The van der Waals surface area contributed by atoms with E-state index in [1.54, 1.807) is 13.8 Å². The lowest BCUT2D eigenvalue weighted by Crippen LogP contribution is -2.59. The molecule has 2 rings (SSSR count). The number of carboxylic acid groups (broad SMARTS) is 1. The maximum atomic E-state index is 13.2. The second-order valence-electron chi connectivity index (χ2n) is 9.26. The van der Waals surface area contributed by atoms with E-state index in [0.29, 0.717) is 17.7 Å². The fraction of sp³-hybridized carbons (Fsp3) is 0.440. The number of carbonyl (C=O) groups is 5. The van der Waals surface area contributed by atoms with Crippen molar-refractivity contribution in [2.45, 2.75) is 63.7 Å². The maximum absolute atomic E-state index is 13.2. The summed E-state index contributed by atoms with van der Waals surface area (Å²) in [4.78, 5) is 69.0. The number of primary amides is 1. The molecule has 5 unspecified atom stereocenters. The van der Waals surface area contributed by atoms with Gasteiger partial charge in [-0.2, -0.15) is 0 Å². The van der Waals surface area contributed by atoms with Gasteiger partial charge in [0, 0.05) is 24.7 Å². The van der Waals surface area contributed by atoms with Crippen LogP contribution in [0.3, 0.4) is 0 Å². The standard InChI is InChI=1S/C25H35N7O7/c1-3-13(2)21(24(37)31-19(25(38)39)8-14-4-6-16(33)7-5-14)32-23(36)18(10-20(27)34)30-22(35)17(26)9-15-11-28-12-29-15/h4-7,11-13,17-19,21,33H,3,8-10,26H2,1-2H3,(H2,27,34)(H,28,29)(H,30,35)(H,31,37)(H,32,36)(H,38,39). The predicted octanol–water partition coefficient (Wildman–Crippen LogP) is -1.31. The summed E-state index contributed by atoms with van der Waals surface area (Å²) in [5.74, 6) is -4.95. The second-order valence-corrected chi connectivity index (χ2v) is 9.26. The van der Waals surface area contributed by atoms with E-state index in [-0.39, 0.29) is 18.6 Å². The summed E-state index contributed by atoms with van der Waals surface area (Å²) in [5, 5.41) is 26.5. The summed E-state index contributed by atoms with van der Waals surface area (Å²) in [7, 11) is 0. The minimum atomic E-state index is -1.42. The fourth-order valence-electron chi connectivity index (χ4n) is 3.70. The van der Waals surface area contributed by atoms with E-state index in [2.05, 4.69) is 25.9 Å². The van der Waals surface area contributed by atoms with E-state index in [4.69, 9.17) is 11.5 Å². The van der Waals surface area contributed by atoms with E-state index in [1.165, 1.54) is 36.8 Å². The van der Waals surface area contributed by atoms with Gasteiger partial charge in [0.05, 0.1) is 18.8 Å². The van der Waals surface area contributed by atoms with E-state index >= 15 is 0 Å². The topological polar surface area (TPSA) is 243 Å². The Bertz CT molecular complexity index is 1140. The Hall–Kier alpha value is -4.46. The molecule has 14 nitrogen and oxygen atoms in total. The first kappa shape index (κ1) is 30.8. The summed E-state index contributed by atoms with van der Waals surface area (Å²) in [6, 6.07) is 0.840. The van der Waals surface area contributed by atoms with Crippen molar-refractivity contribution in [3.8, 4) is 5.75 Å². The maximum Gasteiger partial charge on any atom is 0.326 e. The zero-order valence-electron chi connectivity index (χ0n) is 21.7. The van der Waals surface area contributed by atoms with Crippen molar-refractivity contribution in [2.24, 2.45) is 17.4 Å². The second kappa shape index (κ2) is 14.5. The molecule has 0 fully saturated rings. The number of hydrogen-bond donors (Lipinski definition) is 8. The number of carboxylic acids is 1. The number of phenolic OH excluding ortho intramolecular Hbond substituents is 1. The molecule has 0 aliphatic rings. The van der Waals surface area contributed by atoms with Crippen LogP contribution in [-0.4, -0.2) is 73.9 Å². The van der Waals surface area contributed by atoms with E-state index in [0.717, 1.165) is 0 Å². The van der Waals surface area contributed by atoms with Crippen LogP contribution in [0.25, 0.3) is 0 Å². The smallest absolute Gasteiger partial charge is 0.326 e. The van der Waals surface area contributed by atoms with Crippen molar-refractivity contribution >= 4 is 29.6 Å². The highest BCUT2D eigenvalue weighted by Gasteiger charge is 2.33. The molecule has 0 saturated heterocycles. The molecule has 14 heteroatoms. The number of nitrogens with one attached hydrogen (secondary N) is 4. The van der Waals surface area contributed by atoms with Gasteiger partial charge in [0.1, 0.15) is 23.9 Å². The molecule has 5 atom stereocenters. The number of hydrogen-bond acceptors (Lipinski definition) is 8. The number of nitrogens with two attached hydrogens (primary N) is 2. The number of H-pyrrole nitrogens is 1. The minimum absolute atomic E-state index is 0.00840. The molecule has 39 heavy (non-hydrogen) atoms. The van der Waals surface area contributed by atoms with Gasteiger partial charge < -0.3 is 42.6 Å². The van der Waals surface area contributed by atoms with Crippen molar-refractivity contribution in [1.82, 2.24) is 25.9 Å². The van der Waals surface area contributed by atoms with Gasteiger partial charge in [0.25, 0.3) is 0 Å². The first-order chi connectivity index (χ1) is 18.4. The number of benzene rings is 1. The molecule has 0 aliphatic heterocycles. The van der Waals surface area contributed by atoms with Gasteiger partial charge in [-0.05, 0) is 23.6 Å². The largest absolute Gasteiger partial charge is 0.508 e. The molecular weight excluding hydrogens is 510 g/mol. The molecule has 4 amide bonds. The Balaban J connectivity index is 2.14. The molecule has 0 bridgehead atoms. The van der Waals surface area contributed by atoms with Crippen molar-refractivity contribution < 1.29 is 34.2 Å². The molecule has 0 aliphatic carbocycles. The predicted molar refractivity (Wildman–Crippen MR) is 139 cm³/mol. The van der Waals surface area contributed by atoms with Crippen LogP contribution in [0.1, 0.15) is 37.9 Å². The number of aromatic amines is 1. The number of aromatic nitrogens is 2. The normalized spacial score (nSPS) is 14.7. The van der Waals surface area contributed by atoms with E-state index < -0.39 is 66.1 Å². The number of nitrogens with zero attached hydrogens (tertiary/aromatic N) is 1. The van der Waals surface area contributed by atoms with Gasteiger partial charge >= 0.3 is 5.97 Å². The Morgan fingerprint density at radius 3 is 2.15 bits per heavy atom. The molecule has 1 heterocycles. The first-order valence-electron chi connectivity index (χ1n) is 12.3. The van der Waals surface area contributed by atoms with Crippen LogP contribution >= 0.6 is 0 Å². The van der Waals surface area contributed by atoms with Crippen LogP contribution in [0.15, 0.2) is 36.8 Å². The molecule has 10 N–H and O–H groups in total. The van der Waals surface area contributed by atoms with Crippen LogP contribution in [0.2, 0.25) is 0 Å². The van der Waals surface area contributed by atoms with Crippen LogP contribution in [0.5, 0.6) is 5.75 Å².